The maximum Gasteiger partial charge on any atom is 0.224 e. The van der Waals surface area contributed by atoms with E-state index in [1.165, 1.54) is 0 Å². The molecule has 2 fully saturated rings. The summed E-state index contributed by atoms with van der Waals surface area (Å²) in [5.74, 6) is -1.71. The molecule has 188 valence electrons. The quantitative estimate of drug-likeness (QED) is 0.470. The second kappa shape index (κ2) is 10.0. The third-order valence-electron chi connectivity index (χ3n) is 6.86. The number of nitrogens with zero attached hydrogens (tertiary/aromatic N) is 5. The number of ether oxygens (including phenoxy) is 1. The summed E-state index contributed by atoms with van der Waals surface area (Å²) in [4.78, 5) is 25.3. The number of benzene rings is 1. The lowest BCUT2D eigenvalue weighted by Gasteiger charge is -2.29. The molecule has 0 unspecified atom stereocenters. The average Bonchev–Trinajstić information content (AvgIpc) is 3.24. The van der Waals surface area contributed by atoms with Crippen molar-refractivity contribution in [2.24, 2.45) is 11.7 Å². The molecule has 1 amide bonds. The molecule has 12 heteroatoms. The maximum atomic E-state index is 14.7. The van der Waals surface area contributed by atoms with E-state index in [4.69, 9.17) is 20.7 Å². The van der Waals surface area contributed by atoms with E-state index < -0.39 is 17.3 Å². The lowest BCUT2D eigenvalue weighted by atomic mass is 9.85. The highest BCUT2D eigenvalue weighted by Crippen LogP contribution is 2.37. The van der Waals surface area contributed by atoms with Crippen molar-refractivity contribution in [1.29, 1.82) is 5.26 Å². The third kappa shape index (κ3) is 4.79. The van der Waals surface area contributed by atoms with Crippen molar-refractivity contribution in [2.45, 2.75) is 50.6 Å². The second-order valence-electron chi connectivity index (χ2n) is 9.20. The second-order valence-corrected chi connectivity index (χ2v) is 9.20. The number of fused-ring (bicyclic) bond motifs is 1. The molecular formula is C24H26F2N8O2. The lowest BCUT2D eigenvalue weighted by molar-refractivity contribution is -0.122. The van der Waals surface area contributed by atoms with Crippen molar-refractivity contribution in [3.05, 3.63) is 35.5 Å². The van der Waals surface area contributed by atoms with E-state index >= 15 is 0 Å². The zero-order chi connectivity index (χ0) is 25.2. The van der Waals surface area contributed by atoms with Gasteiger partial charge in [0.15, 0.2) is 17.3 Å². The van der Waals surface area contributed by atoms with E-state index in [1.807, 2.05) is 4.57 Å². The van der Waals surface area contributed by atoms with E-state index in [1.54, 1.807) is 12.3 Å². The minimum Gasteiger partial charge on any atom is -0.381 e. The molecule has 1 saturated carbocycles. The first kappa shape index (κ1) is 23.9. The van der Waals surface area contributed by atoms with Gasteiger partial charge in [-0.15, -0.1) is 0 Å². The number of aromatic nitrogens is 4. The number of nitriles is 1. The fourth-order valence-corrected chi connectivity index (χ4v) is 4.91. The number of hydrogen-bond acceptors (Lipinski definition) is 8. The zero-order valence-corrected chi connectivity index (χ0v) is 19.5. The summed E-state index contributed by atoms with van der Waals surface area (Å²) in [7, 11) is 0. The Morgan fingerprint density at radius 2 is 1.81 bits per heavy atom. The van der Waals surface area contributed by atoms with Gasteiger partial charge in [0.1, 0.15) is 11.2 Å². The Balaban J connectivity index is 1.53. The van der Waals surface area contributed by atoms with Crippen LogP contribution in [0.2, 0.25) is 0 Å². The number of amides is 1. The van der Waals surface area contributed by atoms with Crippen LogP contribution in [-0.4, -0.2) is 44.7 Å². The van der Waals surface area contributed by atoms with Crippen molar-refractivity contribution >= 4 is 34.7 Å². The van der Waals surface area contributed by atoms with Crippen molar-refractivity contribution < 1.29 is 18.3 Å². The Labute approximate surface area is 205 Å². The molecule has 1 aliphatic carbocycles. The van der Waals surface area contributed by atoms with Gasteiger partial charge in [0.05, 0.1) is 17.8 Å². The van der Waals surface area contributed by atoms with Crippen molar-refractivity contribution in [1.82, 2.24) is 19.5 Å². The monoisotopic (exact) mass is 496 g/mol. The molecule has 4 N–H and O–H groups in total. The number of anilines is 3. The largest absolute Gasteiger partial charge is 0.381 e. The summed E-state index contributed by atoms with van der Waals surface area (Å²) in [6, 6.07) is 3.72. The van der Waals surface area contributed by atoms with Crippen LogP contribution in [0.4, 0.5) is 26.4 Å². The fourth-order valence-electron chi connectivity index (χ4n) is 4.91. The van der Waals surface area contributed by atoms with E-state index in [9.17, 15) is 13.6 Å². The number of carbonyl (C=O) groups is 1. The van der Waals surface area contributed by atoms with Crippen LogP contribution in [-0.2, 0) is 9.53 Å². The minimum atomic E-state index is -0.907. The van der Waals surface area contributed by atoms with E-state index in [0.717, 1.165) is 25.0 Å². The van der Waals surface area contributed by atoms with Gasteiger partial charge in [0, 0.05) is 31.2 Å². The predicted octanol–water partition coefficient (Wildman–Crippen LogP) is 3.53. The van der Waals surface area contributed by atoms with Gasteiger partial charge in [-0.1, -0.05) is 0 Å². The summed E-state index contributed by atoms with van der Waals surface area (Å²) in [6.45, 7) is 1.33. The van der Waals surface area contributed by atoms with Crippen molar-refractivity contribution in [3.63, 3.8) is 0 Å². The standard InChI is InChI=1S/C24H26F2N8O2/c25-17-9-13(11-27)10-18(26)20(17)32-24-31-19-12-29-23(30-15-5-7-36-8-6-15)33-22(19)34(24)16-3-1-14(2-4-16)21(28)35/h9-10,12,14-16H,1-8H2,(H2,28,35)(H,31,32)(H,29,30,33)/t14-,16-. The molecule has 0 spiro atoms. The molecule has 36 heavy (non-hydrogen) atoms. The molecule has 5 rings (SSSR count). The first-order chi connectivity index (χ1) is 17.4. The van der Waals surface area contributed by atoms with Gasteiger partial charge in [0.25, 0.3) is 0 Å². The van der Waals surface area contributed by atoms with Gasteiger partial charge in [-0.2, -0.15) is 10.2 Å². The molecule has 0 radical (unpaired) electrons. The fraction of sp³-hybridized carbons (Fsp3) is 0.458. The first-order valence-electron chi connectivity index (χ1n) is 12.0. The number of halogens is 2. The van der Waals surface area contributed by atoms with Gasteiger partial charge in [-0.05, 0) is 50.7 Å². The van der Waals surface area contributed by atoms with Crippen LogP contribution in [0.15, 0.2) is 18.3 Å². The van der Waals surface area contributed by atoms with Gasteiger partial charge in [-0.25, -0.2) is 18.7 Å². The Kier molecular flexibility index (Phi) is 6.65. The summed E-state index contributed by atoms with van der Waals surface area (Å²) in [5, 5.41) is 15.1. The van der Waals surface area contributed by atoms with E-state index in [2.05, 4.69) is 20.6 Å². The number of nitrogens with two attached hydrogens (primary N) is 1. The predicted molar refractivity (Wildman–Crippen MR) is 127 cm³/mol. The minimum absolute atomic E-state index is 0.122. The van der Waals surface area contributed by atoms with Crippen LogP contribution >= 0.6 is 0 Å². The molecule has 3 aromatic rings. The number of primary amides is 1. The van der Waals surface area contributed by atoms with Crippen LogP contribution in [0.5, 0.6) is 0 Å². The third-order valence-corrected chi connectivity index (χ3v) is 6.86. The van der Waals surface area contributed by atoms with Crippen molar-refractivity contribution in [2.75, 3.05) is 23.8 Å². The first-order valence-corrected chi connectivity index (χ1v) is 12.0. The van der Waals surface area contributed by atoms with Crippen LogP contribution < -0.4 is 16.4 Å². The molecule has 0 atom stereocenters. The SMILES string of the molecule is N#Cc1cc(F)c(Nc2nc3cnc(NC4CCOCC4)nc3n2[C@H]2CC[C@H](C(N)=O)CC2)c(F)c1. The highest BCUT2D eigenvalue weighted by Gasteiger charge is 2.30. The Bertz CT molecular complexity index is 1300. The molecule has 1 aromatic carbocycles. The Hall–Kier alpha value is -3.85. The molecule has 1 aliphatic heterocycles. The highest BCUT2D eigenvalue weighted by atomic mass is 19.1. The number of rotatable bonds is 6. The molecule has 3 heterocycles. The van der Waals surface area contributed by atoms with Gasteiger partial charge < -0.3 is 21.1 Å². The van der Waals surface area contributed by atoms with Gasteiger partial charge >= 0.3 is 0 Å². The van der Waals surface area contributed by atoms with Gasteiger partial charge in [-0.3, -0.25) is 9.36 Å². The molecule has 2 aromatic heterocycles. The van der Waals surface area contributed by atoms with Crippen LogP contribution in [0.25, 0.3) is 11.2 Å². The molecular weight excluding hydrogens is 470 g/mol. The molecule has 2 aliphatic rings. The highest BCUT2D eigenvalue weighted by molar-refractivity contribution is 5.78. The lowest BCUT2D eigenvalue weighted by Crippen LogP contribution is -2.29. The number of nitrogens with one attached hydrogen (secondary N) is 2. The van der Waals surface area contributed by atoms with E-state index in [-0.39, 0.29) is 35.4 Å². The smallest absolute Gasteiger partial charge is 0.224 e. The van der Waals surface area contributed by atoms with Crippen molar-refractivity contribution in [3.8, 4) is 6.07 Å². The average molecular weight is 497 g/mol. The zero-order valence-electron chi connectivity index (χ0n) is 19.5. The summed E-state index contributed by atoms with van der Waals surface area (Å²) in [6.07, 6.45) is 5.68. The van der Waals surface area contributed by atoms with E-state index in [0.29, 0.717) is 56.0 Å². The number of carbonyl (C=O) groups excluding carboxylic acids is 1. The summed E-state index contributed by atoms with van der Waals surface area (Å²) >= 11 is 0. The summed E-state index contributed by atoms with van der Waals surface area (Å²) < 4.78 is 36.6. The van der Waals surface area contributed by atoms with Gasteiger partial charge in [0.2, 0.25) is 17.8 Å². The normalized spacial score (nSPS) is 20.7. The topological polar surface area (TPSA) is 144 Å². The van der Waals surface area contributed by atoms with Crippen LogP contribution in [0.1, 0.15) is 50.1 Å². The summed E-state index contributed by atoms with van der Waals surface area (Å²) in [5.41, 5.74) is 5.94. The maximum absolute atomic E-state index is 14.7. The Morgan fingerprint density at radius 1 is 1.11 bits per heavy atom. The Morgan fingerprint density at radius 3 is 2.44 bits per heavy atom. The molecule has 0 bridgehead atoms. The molecule has 1 saturated heterocycles. The van der Waals surface area contributed by atoms with Crippen LogP contribution in [0.3, 0.4) is 0 Å². The number of imidazole rings is 1. The number of hydrogen-bond donors (Lipinski definition) is 3. The molecule has 10 nitrogen and oxygen atoms in total. The van der Waals surface area contributed by atoms with Crippen LogP contribution in [0, 0.1) is 28.9 Å².